The second-order valence-corrected chi connectivity index (χ2v) is 5.74. The molecule has 0 amide bonds. The lowest BCUT2D eigenvalue weighted by atomic mass is 9.77. The van der Waals surface area contributed by atoms with Gasteiger partial charge in [-0.2, -0.15) is 0 Å². The Morgan fingerprint density at radius 1 is 1.29 bits per heavy atom. The van der Waals surface area contributed by atoms with Crippen molar-refractivity contribution in [2.45, 2.75) is 25.9 Å². The number of pyridine rings is 1. The van der Waals surface area contributed by atoms with Crippen LogP contribution in [0.1, 0.15) is 35.3 Å². The Bertz CT molecular complexity index is 685. The fourth-order valence-electron chi connectivity index (χ4n) is 2.71. The summed E-state index contributed by atoms with van der Waals surface area (Å²) in [4.78, 5) is 16.1. The van der Waals surface area contributed by atoms with Gasteiger partial charge in [0.25, 0.3) is 0 Å². The van der Waals surface area contributed by atoms with Crippen LogP contribution in [0.4, 0.5) is 0 Å². The Morgan fingerprint density at radius 3 is 2.71 bits per heavy atom. The number of carbonyl (C=O) groups excluding carboxylic acids is 1. The van der Waals surface area contributed by atoms with Gasteiger partial charge in [0.15, 0.2) is 5.78 Å². The monoisotopic (exact) mass is 281 g/mol. The quantitative estimate of drug-likeness (QED) is 0.683. The first-order valence-electron chi connectivity index (χ1n) is 6.90. The van der Waals surface area contributed by atoms with Crippen LogP contribution in [0.15, 0.2) is 42.7 Å². The number of hydrogen-bond acceptors (Lipinski definition) is 4. The summed E-state index contributed by atoms with van der Waals surface area (Å²) in [5.74, 6) is 0.0324. The van der Waals surface area contributed by atoms with Crippen LogP contribution < -0.4 is 5.46 Å². The molecule has 2 heterocycles. The molecule has 0 atom stereocenters. The minimum Gasteiger partial charge on any atom is -0.423 e. The Kier molecular flexibility index (Phi) is 3.39. The van der Waals surface area contributed by atoms with E-state index in [1.807, 2.05) is 32.0 Å². The lowest BCUT2D eigenvalue weighted by molar-refractivity contribution is 0.0991. The van der Waals surface area contributed by atoms with Crippen LogP contribution in [0.2, 0.25) is 0 Å². The first kappa shape index (κ1) is 14.0. The molecule has 0 saturated heterocycles. The van der Waals surface area contributed by atoms with Crippen molar-refractivity contribution in [3.63, 3.8) is 0 Å². The Balaban J connectivity index is 1.86. The first-order valence-corrected chi connectivity index (χ1v) is 6.90. The zero-order valence-corrected chi connectivity index (χ0v) is 12.0. The highest BCUT2D eigenvalue weighted by atomic mass is 16.5. The molecule has 0 radical (unpaired) electrons. The summed E-state index contributed by atoms with van der Waals surface area (Å²) < 4.78 is 5.53. The number of benzene rings is 1. The van der Waals surface area contributed by atoms with Crippen molar-refractivity contribution in [2.24, 2.45) is 0 Å². The maximum absolute atomic E-state index is 12.2. The van der Waals surface area contributed by atoms with Gasteiger partial charge in [-0.15, -0.1) is 0 Å². The van der Waals surface area contributed by atoms with Gasteiger partial charge in [0.2, 0.25) is 0 Å². The molecule has 1 aromatic carbocycles. The molecule has 1 aliphatic heterocycles. The van der Waals surface area contributed by atoms with E-state index in [9.17, 15) is 9.82 Å². The van der Waals surface area contributed by atoms with Crippen LogP contribution in [0.3, 0.4) is 0 Å². The van der Waals surface area contributed by atoms with Crippen molar-refractivity contribution in [1.29, 1.82) is 0 Å². The van der Waals surface area contributed by atoms with E-state index >= 15 is 0 Å². The molecule has 106 valence electrons. The fraction of sp³-hybridized carbons (Fsp3) is 0.250. The minimum absolute atomic E-state index is 0.0324. The number of carbonyl (C=O) groups is 1. The number of rotatable bonds is 3. The molecule has 0 bridgehead atoms. The van der Waals surface area contributed by atoms with Gasteiger partial charge in [-0.1, -0.05) is 18.2 Å². The Hall–Kier alpha value is -1.98. The Labute approximate surface area is 123 Å². The van der Waals surface area contributed by atoms with Crippen molar-refractivity contribution in [2.75, 3.05) is 0 Å². The molecule has 1 aliphatic rings. The van der Waals surface area contributed by atoms with Gasteiger partial charge in [0.05, 0.1) is 5.60 Å². The molecule has 0 aliphatic carbocycles. The molecule has 1 N–H and O–H groups in total. The van der Waals surface area contributed by atoms with Gasteiger partial charge < -0.3 is 9.68 Å². The third kappa shape index (κ3) is 2.62. The molecule has 3 rings (SSSR count). The summed E-state index contributed by atoms with van der Waals surface area (Å²) in [5.41, 5.74) is 2.73. The summed E-state index contributed by atoms with van der Waals surface area (Å²) in [6, 6.07) is 9.11. The summed E-state index contributed by atoms with van der Waals surface area (Å²) in [6.45, 7) is 3.84. The van der Waals surface area contributed by atoms with E-state index in [1.165, 1.54) is 0 Å². The SMILES string of the molecule is CC1(C)OB(O)c2cc(CC(=O)c3ccncc3)ccc21. The molecule has 21 heavy (non-hydrogen) atoms. The average Bonchev–Trinajstić information content (AvgIpc) is 2.69. The number of hydrogen-bond donors (Lipinski definition) is 1. The smallest absolute Gasteiger partial charge is 0.423 e. The van der Waals surface area contributed by atoms with Crippen molar-refractivity contribution in [3.05, 3.63) is 59.4 Å². The van der Waals surface area contributed by atoms with Gasteiger partial charge in [-0.25, -0.2) is 0 Å². The van der Waals surface area contributed by atoms with Crippen LogP contribution in [0, 0.1) is 0 Å². The summed E-state index contributed by atoms with van der Waals surface area (Å²) in [5, 5.41) is 9.98. The fourth-order valence-corrected chi connectivity index (χ4v) is 2.71. The van der Waals surface area contributed by atoms with Gasteiger partial charge in [-0.05, 0) is 42.6 Å². The maximum Gasteiger partial charge on any atom is 0.492 e. The summed E-state index contributed by atoms with van der Waals surface area (Å²) in [7, 11) is -0.925. The number of nitrogens with zero attached hydrogens (tertiary/aromatic N) is 1. The molecule has 5 heteroatoms. The van der Waals surface area contributed by atoms with E-state index in [4.69, 9.17) is 4.65 Å². The van der Waals surface area contributed by atoms with Gasteiger partial charge in [-0.3, -0.25) is 9.78 Å². The molecule has 1 aromatic heterocycles. The van der Waals surface area contributed by atoms with E-state index in [2.05, 4.69) is 4.98 Å². The highest BCUT2D eigenvalue weighted by Crippen LogP contribution is 2.30. The first-order chi connectivity index (χ1) is 9.97. The van der Waals surface area contributed by atoms with Crippen molar-refractivity contribution in [1.82, 2.24) is 4.98 Å². The molecule has 2 aromatic rings. The number of ketones is 1. The molecular formula is C16H16BNO3. The molecule has 0 fully saturated rings. The average molecular weight is 281 g/mol. The van der Waals surface area contributed by atoms with E-state index in [-0.39, 0.29) is 5.78 Å². The van der Waals surface area contributed by atoms with Crippen LogP contribution in [-0.4, -0.2) is 22.9 Å². The zero-order chi connectivity index (χ0) is 15.0. The predicted octanol–water partition coefficient (Wildman–Crippen LogP) is 1.46. The molecular weight excluding hydrogens is 265 g/mol. The number of aromatic nitrogens is 1. The summed E-state index contributed by atoms with van der Waals surface area (Å²) >= 11 is 0. The highest BCUT2D eigenvalue weighted by Gasteiger charge is 2.40. The van der Waals surface area contributed by atoms with Crippen molar-refractivity contribution in [3.8, 4) is 0 Å². The van der Waals surface area contributed by atoms with Crippen LogP contribution >= 0.6 is 0 Å². The number of Topliss-reactive ketones (excluding diaryl/α,β-unsaturated/α-hetero) is 1. The third-order valence-electron chi connectivity index (χ3n) is 3.80. The van der Waals surface area contributed by atoms with E-state index in [0.29, 0.717) is 12.0 Å². The second kappa shape index (κ2) is 5.09. The Morgan fingerprint density at radius 2 is 2.00 bits per heavy atom. The van der Waals surface area contributed by atoms with E-state index < -0.39 is 12.7 Å². The van der Waals surface area contributed by atoms with E-state index in [0.717, 1.165) is 16.6 Å². The summed E-state index contributed by atoms with van der Waals surface area (Å²) in [6.07, 6.45) is 3.51. The molecule has 4 nitrogen and oxygen atoms in total. The second-order valence-electron chi connectivity index (χ2n) is 5.74. The zero-order valence-electron chi connectivity index (χ0n) is 12.0. The maximum atomic E-state index is 12.2. The third-order valence-corrected chi connectivity index (χ3v) is 3.80. The largest absolute Gasteiger partial charge is 0.492 e. The van der Waals surface area contributed by atoms with Gasteiger partial charge in [0.1, 0.15) is 0 Å². The van der Waals surface area contributed by atoms with Crippen LogP contribution in [0.25, 0.3) is 0 Å². The van der Waals surface area contributed by atoms with Gasteiger partial charge >= 0.3 is 7.12 Å². The van der Waals surface area contributed by atoms with Crippen LogP contribution in [-0.2, 0) is 16.7 Å². The normalized spacial score (nSPS) is 15.9. The molecule has 0 saturated carbocycles. The lowest BCUT2D eigenvalue weighted by Gasteiger charge is -2.19. The topological polar surface area (TPSA) is 59.4 Å². The predicted molar refractivity (Wildman–Crippen MR) is 80.4 cm³/mol. The highest BCUT2D eigenvalue weighted by molar-refractivity contribution is 6.62. The van der Waals surface area contributed by atoms with Crippen LogP contribution in [0.5, 0.6) is 0 Å². The molecule has 0 spiro atoms. The standard InChI is InChI=1S/C16H16BNO3/c1-16(2)13-4-3-11(9-14(13)17(20)21-16)10-15(19)12-5-7-18-8-6-12/h3-9,20H,10H2,1-2H3. The lowest BCUT2D eigenvalue weighted by Crippen LogP contribution is -2.29. The van der Waals surface area contributed by atoms with Gasteiger partial charge in [0, 0.05) is 24.4 Å². The van der Waals surface area contributed by atoms with Crippen molar-refractivity contribution < 1.29 is 14.5 Å². The van der Waals surface area contributed by atoms with E-state index in [1.54, 1.807) is 24.5 Å². The molecule has 0 unspecified atom stereocenters. The van der Waals surface area contributed by atoms with Crippen molar-refractivity contribution >= 4 is 18.4 Å². The number of fused-ring (bicyclic) bond motifs is 1. The minimum atomic E-state index is -0.925.